The second-order valence-electron chi connectivity index (χ2n) is 10.1. The lowest BCUT2D eigenvalue weighted by atomic mass is 9.96. The van der Waals surface area contributed by atoms with Gasteiger partial charge in [-0.15, -0.1) is 0 Å². The molecule has 1 amide bonds. The minimum Gasteiger partial charge on any atom is -0.439 e. The number of carbonyl (C=O) groups excluding carboxylic acids is 1. The average Bonchev–Trinajstić information content (AvgIpc) is 3.31. The van der Waals surface area contributed by atoms with Crippen LogP contribution in [0, 0.1) is 0 Å². The molecular formula is C32H34Cl2N4O2. The molecule has 0 atom stereocenters. The Kier molecular flexibility index (Phi) is 9.76. The van der Waals surface area contributed by atoms with Crippen molar-refractivity contribution < 1.29 is 9.53 Å². The fourth-order valence-electron chi connectivity index (χ4n) is 5.05. The van der Waals surface area contributed by atoms with Crippen molar-refractivity contribution in [3.05, 3.63) is 106 Å². The summed E-state index contributed by atoms with van der Waals surface area (Å²) in [5.41, 5.74) is 2.62. The second kappa shape index (κ2) is 13.8. The second-order valence-corrected chi connectivity index (χ2v) is 11.0. The minimum atomic E-state index is -0.273. The summed E-state index contributed by atoms with van der Waals surface area (Å²) in [5, 5.41) is 12.7. The Balaban J connectivity index is 1.53. The maximum absolute atomic E-state index is 13.6. The Morgan fingerprint density at radius 1 is 0.850 bits per heavy atom. The number of hydrogen-bond acceptors (Lipinski definition) is 4. The minimum absolute atomic E-state index is 0.273. The highest BCUT2D eigenvalue weighted by Crippen LogP contribution is 2.34. The van der Waals surface area contributed by atoms with Crippen molar-refractivity contribution in [2.45, 2.75) is 64.1 Å². The van der Waals surface area contributed by atoms with Crippen LogP contribution >= 0.6 is 23.2 Å². The van der Waals surface area contributed by atoms with Gasteiger partial charge in [-0.2, -0.15) is 9.78 Å². The van der Waals surface area contributed by atoms with Gasteiger partial charge in [0.15, 0.2) is 5.69 Å². The molecule has 1 fully saturated rings. The molecule has 1 aliphatic rings. The van der Waals surface area contributed by atoms with Crippen molar-refractivity contribution in [1.29, 1.82) is 0 Å². The molecule has 0 unspecified atom stereocenters. The van der Waals surface area contributed by atoms with Gasteiger partial charge in [0.2, 0.25) is 5.88 Å². The standard InChI is InChI=1S/C32H34Cl2N4O2/c33-24-17-19-26(20-18-24)40-32-27(22-35-25-13-7-2-1-3-8-14-25)30(31(39)36-21-23-11-5-4-6-12-23)37-38(32)29-16-10-9-15-28(29)34/h4-6,9-12,15-20,25,35H,1-3,7-8,13-14,21-22H2,(H,36,39). The van der Waals surface area contributed by atoms with Gasteiger partial charge in [0.05, 0.1) is 16.3 Å². The van der Waals surface area contributed by atoms with Crippen molar-refractivity contribution >= 4 is 29.1 Å². The molecular weight excluding hydrogens is 543 g/mol. The van der Waals surface area contributed by atoms with E-state index in [2.05, 4.69) is 10.6 Å². The first kappa shape index (κ1) is 28.2. The Labute approximate surface area is 245 Å². The van der Waals surface area contributed by atoms with Crippen molar-refractivity contribution in [2.75, 3.05) is 0 Å². The number of aromatic nitrogens is 2. The van der Waals surface area contributed by atoms with E-state index in [4.69, 9.17) is 33.0 Å². The number of amides is 1. The van der Waals surface area contributed by atoms with Crippen LogP contribution < -0.4 is 15.4 Å². The van der Waals surface area contributed by atoms with E-state index in [-0.39, 0.29) is 5.91 Å². The van der Waals surface area contributed by atoms with Gasteiger partial charge in [0.1, 0.15) is 5.75 Å². The number of benzene rings is 3. The van der Waals surface area contributed by atoms with E-state index in [0.717, 1.165) is 18.4 Å². The molecule has 0 aliphatic heterocycles. The largest absolute Gasteiger partial charge is 0.439 e. The Morgan fingerprint density at radius 3 is 2.25 bits per heavy atom. The number of halogens is 2. The Morgan fingerprint density at radius 2 is 1.52 bits per heavy atom. The van der Waals surface area contributed by atoms with E-state index in [1.165, 1.54) is 32.1 Å². The van der Waals surface area contributed by atoms with Crippen LogP contribution in [-0.4, -0.2) is 21.7 Å². The molecule has 5 rings (SSSR count). The highest BCUT2D eigenvalue weighted by molar-refractivity contribution is 6.32. The molecule has 3 aromatic carbocycles. The zero-order chi connectivity index (χ0) is 27.7. The van der Waals surface area contributed by atoms with Crippen LogP contribution in [-0.2, 0) is 13.1 Å². The predicted octanol–water partition coefficient (Wildman–Crippen LogP) is 8.10. The van der Waals surface area contributed by atoms with Crippen LogP contribution in [0.1, 0.15) is 66.6 Å². The fraction of sp³-hybridized carbons (Fsp3) is 0.312. The van der Waals surface area contributed by atoms with Crippen molar-refractivity contribution in [3.63, 3.8) is 0 Å². The van der Waals surface area contributed by atoms with E-state index >= 15 is 0 Å². The summed E-state index contributed by atoms with van der Waals surface area (Å²) in [5.74, 6) is 0.754. The lowest BCUT2D eigenvalue weighted by molar-refractivity contribution is 0.0944. The maximum Gasteiger partial charge on any atom is 0.272 e. The average molecular weight is 578 g/mol. The molecule has 6 nitrogen and oxygen atoms in total. The first-order valence-corrected chi connectivity index (χ1v) is 14.7. The number of carbonyl (C=O) groups is 1. The van der Waals surface area contributed by atoms with Crippen LogP contribution in [0.25, 0.3) is 5.69 Å². The van der Waals surface area contributed by atoms with Gasteiger partial charge in [-0.05, 0) is 54.8 Å². The van der Waals surface area contributed by atoms with Gasteiger partial charge in [-0.1, -0.05) is 97.8 Å². The first-order valence-electron chi connectivity index (χ1n) is 13.9. The van der Waals surface area contributed by atoms with Crippen LogP contribution in [0.5, 0.6) is 11.6 Å². The monoisotopic (exact) mass is 576 g/mol. The summed E-state index contributed by atoms with van der Waals surface area (Å²) >= 11 is 12.8. The summed E-state index contributed by atoms with van der Waals surface area (Å²) in [6, 6.07) is 24.7. The van der Waals surface area contributed by atoms with E-state index in [1.807, 2.05) is 48.5 Å². The molecule has 0 radical (unpaired) electrons. The molecule has 4 aromatic rings. The van der Waals surface area contributed by atoms with Crippen LogP contribution in [0.15, 0.2) is 78.9 Å². The molecule has 1 aromatic heterocycles. The third-order valence-corrected chi connectivity index (χ3v) is 7.80. The summed E-state index contributed by atoms with van der Waals surface area (Å²) in [6.45, 7) is 0.827. The SMILES string of the molecule is O=C(NCc1ccccc1)c1nn(-c2ccccc2Cl)c(Oc2ccc(Cl)cc2)c1CNC1CCCCCCC1. The van der Waals surface area contributed by atoms with E-state index < -0.39 is 0 Å². The first-order chi connectivity index (χ1) is 19.6. The van der Waals surface area contributed by atoms with Gasteiger partial charge in [-0.3, -0.25) is 4.79 Å². The molecule has 1 heterocycles. The molecule has 8 heteroatoms. The number of hydrogen-bond donors (Lipinski definition) is 2. The van der Waals surface area contributed by atoms with Gasteiger partial charge >= 0.3 is 0 Å². The molecule has 1 saturated carbocycles. The zero-order valence-electron chi connectivity index (χ0n) is 22.4. The van der Waals surface area contributed by atoms with Crippen molar-refractivity contribution in [3.8, 4) is 17.3 Å². The van der Waals surface area contributed by atoms with Crippen LogP contribution in [0.2, 0.25) is 10.0 Å². The molecule has 1 aliphatic carbocycles. The zero-order valence-corrected chi connectivity index (χ0v) is 23.9. The normalized spacial score (nSPS) is 14.3. The van der Waals surface area contributed by atoms with Gasteiger partial charge in [0, 0.05) is 24.2 Å². The molecule has 0 saturated heterocycles. The van der Waals surface area contributed by atoms with Crippen LogP contribution in [0.4, 0.5) is 0 Å². The van der Waals surface area contributed by atoms with Crippen LogP contribution in [0.3, 0.4) is 0 Å². The Hall–Kier alpha value is -3.32. The summed E-state index contributed by atoms with van der Waals surface area (Å²) < 4.78 is 8.07. The highest BCUT2D eigenvalue weighted by Gasteiger charge is 2.27. The van der Waals surface area contributed by atoms with Gasteiger partial charge in [-0.25, -0.2) is 0 Å². The summed E-state index contributed by atoms with van der Waals surface area (Å²) in [7, 11) is 0. The molecule has 40 heavy (non-hydrogen) atoms. The van der Waals surface area contributed by atoms with Gasteiger partial charge < -0.3 is 15.4 Å². The quantitative estimate of drug-likeness (QED) is 0.211. The number of para-hydroxylation sites is 1. The van der Waals surface area contributed by atoms with E-state index in [1.54, 1.807) is 35.0 Å². The third-order valence-electron chi connectivity index (χ3n) is 7.23. The number of nitrogens with zero attached hydrogens (tertiary/aromatic N) is 2. The van der Waals surface area contributed by atoms with E-state index in [9.17, 15) is 4.79 Å². The number of nitrogens with one attached hydrogen (secondary N) is 2. The van der Waals surface area contributed by atoms with Gasteiger partial charge in [0.25, 0.3) is 5.91 Å². The lowest BCUT2D eigenvalue weighted by Crippen LogP contribution is -2.31. The molecule has 2 N–H and O–H groups in total. The lowest BCUT2D eigenvalue weighted by Gasteiger charge is -2.21. The molecule has 0 spiro atoms. The Bertz CT molecular complexity index is 1400. The van der Waals surface area contributed by atoms with Crippen molar-refractivity contribution in [2.24, 2.45) is 0 Å². The van der Waals surface area contributed by atoms with Crippen molar-refractivity contribution in [1.82, 2.24) is 20.4 Å². The fourth-order valence-corrected chi connectivity index (χ4v) is 5.39. The predicted molar refractivity (Wildman–Crippen MR) is 161 cm³/mol. The third kappa shape index (κ3) is 7.25. The number of rotatable bonds is 9. The molecule has 208 valence electrons. The van der Waals surface area contributed by atoms with E-state index in [0.29, 0.717) is 57.8 Å². The highest BCUT2D eigenvalue weighted by atomic mass is 35.5. The number of ether oxygens (including phenoxy) is 1. The molecule has 0 bridgehead atoms. The summed E-state index contributed by atoms with van der Waals surface area (Å²) in [4.78, 5) is 13.6. The maximum atomic E-state index is 13.6. The smallest absolute Gasteiger partial charge is 0.272 e. The summed E-state index contributed by atoms with van der Waals surface area (Å²) in [6.07, 6.45) is 8.47. The topological polar surface area (TPSA) is 68.2 Å².